The summed E-state index contributed by atoms with van der Waals surface area (Å²) < 4.78 is 36.0. The van der Waals surface area contributed by atoms with E-state index in [0.717, 1.165) is 21.9 Å². The van der Waals surface area contributed by atoms with Gasteiger partial charge in [-0.05, 0) is 95.1 Å². The van der Waals surface area contributed by atoms with Gasteiger partial charge in [0.15, 0.2) is 5.78 Å². The molecular weight excluding hydrogens is 612 g/mol. The van der Waals surface area contributed by atoms with Crippen molar-refractivity contribution in [3.05, 3.63) is 177 Å². The third-order valence-electron chi connectivity index (χ3n) is 10.0. The van der Waals surface area contributed by atoms with E-state index in [4.69, 9.17) is 4.74 Å². The Kier molecular flexibility index (Phi) is 8.92. The highest BCUT2D eigenvalue weighted by atomic mass is 19.1. The molecule has 6 aromatic rings. The molecule has 6 aromatic carbocycles. The van der Waals surface area contributed by atoms with Gasteiger partial charge in [0.25, 0.3) is 0 Å². The van der Waals surface area contributed by atoms with Gasteiger partial charge in [0.2, 0.25) is 0 Å². The summed E-state index contributed by atoms with van der Waals surface area (Å²) in [5.41, 5.74) is 2.65. The minimum atomic E-state index is -0.925. The number of carbonyl (C=O) groups is 1. The first-order valence-corrected chi connectivity index (χ1v) is 16.4. The number of carbonyl (C=O) groups excluding carboxylic acids is 1. The van der Waals surface area contributed by atoms with E-state index >= 15 is 0 Å². The fourth-order valence-electron chi connectivity index (χ4n) is 6.92. The minimum absolute atomic E-state index is 0.0568. The summed E-state index contributed by atoms with van der Waals surface area (Å²) >= 11 is 0. The summed E-state index contributed by atoms with van der Waals surface area (Å²) in [4.78, 5) is 14.6. The maximum absolute atomic E-state index is 14.9. The molecule has 0 aliphatic heterocycles. The van der Waals surface area contributed by atoms with Crippen LogP contribution < -0.4 is 4.74 Å². The molecule has 6 rings (SSSR count). The van der Waals surface area contributed by atoms with Crippen LogP contribution in [0.4, 0.5) is 8.78 Å². The van der Waals surface area contributed by atoms with Crippen molar-refractivity contribution in [3.8, 4) is 17.6 Å². The fraction of sp³-hybridized carbons (Fsp3) is 0.182. The lowest BCUT2D eigenvalue weighted by Crippen LogP contribution is -2.28. The van der Waals surface area contributed by atoms with Crippen LogP contribution in [0.15, 0.2) is 121 Å². The fourth-order valence-corrected chi connectivity index (χ4v) is 6.92. The van der Waals surface area contributed by atoms with Crippen LogP contribution in [0.2, 0.25) is 0 Å². The number of fused-ring (bicyclic) bond motifs is 1. The molecule has 0 saturated carbocycles. The van der Waals surface area contributed by atoms with Crippen molar-refractivity contribution in [2.75, 3.05) is 0 Å². The van der Waals surface area contributed by atoms with Crippen molar-refractivity contribution in [2.45, 2.75) is 51.9 Å². The number of ketones is 1. The number of benzene rings is 6. The highest BCUT2D eigenvalue weighted by Crippen LogP contribution is 2.42. The normalized spacial score (nSPS) is 12.7. The summed E-state index contributed by atoms with van der Waals surface area (Å²) in [5.74, 6) is 0.169. The Morgan fingerprint density at radius 1 is 0.755 bits per heavy atom. The highest BCUT2D eigenvalue weighted by Gasteiger charge is 2.35. The van der Waals surface area contributed by atoms with Crippen LogP contribution in [0.25, 0.3) is 10.8 Å². The maximum Gasteiger partial charge on any atom is 0.193 e. The van der Waals surface area contributed by atoms with Crippen LogP contribution in [-0.2, 0) is 10.8 Å². The van der Waals surface area contributed by atoms with Gasteiger partial charge in [-0.15, -0.1) is 0 Å². The number of nitriles is 1. The first-order chi connectivity index (χ1) is 23.5. The zero-order valence-electron chi connectivity index (χ0n) is 28.3. The lowest BCUT2D eigenvalue weighted by Gasteiger charge is -2.34. The van der Waals surface area contributed by atoms with E-state index in [0.29, 0.717) is 45.7 Å². The first kappa shape index (κ1) is 33.3. The molecule has 0 N–H and O–H groups in total. The van der Waals surface area contributed by atoms with Crippen LogP contribution in [0.3, 0.4) is 0 Å². The molecule has 0 heterocycles. The number of halogens is 2. The molecule has 3 nitrogen and oxygen atoms in total. The van der Waals surface area contributed by atoms with Crippen molar-refractivity contribution in [1.82, 2.24) is 0 Å². The molecule has 0 aliphatic carbocycles. The van der Waals surface area contributed by atoms with Gasteiger partial charge in [0.1, 0.15) is 29.2 Å². The predicted molar refractivity (Wildman–Crippen MR) is 191 cm³/mol. The topological polar surface area (TPSA) is 50.1 Å². The smallest absolute Gasteiger partial charge is 0.193 e. The van der Waals surface area contributed by atoms with E-state index in [-0.39, 0.29) is 17.2 Å². The van der Waals surface area contributed by atoms with Crippen molar-refractivity contribution < 1.29 is 18.3 Å². The lowest BCUT2D eigenvalue weighted by atomic mass is 9.69. The zero-order valence-corrected chi connectivity index (χ0v) is 28.3. The Bertz CT molecular complexity index is 2240. The average Bonchev–Trinajstić information content (AvgIpc) is 3.12. The van der Waals surface area contributed by atoms with Gasteiger partial charge in [0.05, 0.1) is 5.56 Å². The number of hydrogen-bond donors (Lipinski definition) is 0. The Morgan fingerprint density at radius 2 is 1.41 bits per heavy atom. The second kappa shape index (κ2) is 13.1. The molecule has 0 spiro atoms. The van der Waals surface area contributed by atoms with E-state index < -0.39 is 16.6 Å². The van der Waals surface area contributed by atoms with E-state index in [1.807, 2.05) is 93.6 Å². The number of rotatable bonds is 9. The first-order valence-electron chi connectivity index (χ1n) is 16.4. The van der Waals surface area contributed by atoms with Gasteiger partial charge >= 0.3 is 0 Å². The Hall–Kier alpha value is -5.60. The number of hydrogen-bond acceptors (Lipinski definition) is 3. The van der Waals surface area contributed by atoms with Gasteiger partial charge in [0, 0.05) is 27.3 Å². The minimum Gasteiger partial charge on any atom is -0.457 e. The molecule has 0 amide bonds. The summed E-state index contributed by atoms with van der Waals surface area (Å²) in [6, 6.07) is 38.3. The third kappa shape index (κ3) is 6.00. The summed E-state index contributed by atoms with van der Waals surface area (Å²) in [7, 11) is 0. The summed E-state index contributed by atoms with van der Waals surface area (Å²) in [6.45, 7) is 9.67. The second-order valence-corrected chi connectivity index (χ2v) is 13.2. The Labute approximate surface area is 286 Å². The molecule has 244 valence electrons. The number of nitrogens with zero attached hydrogens (tertiary/aromatic N) is 1. The highest BCUT2D eigenvalue weighted by molar-refractivity contribution is 6.10. The molecule has 0 bridgehead atoms. The quantitative estimate of drug-likeness (QED) is 0.146. The largest absolute Gasteiger partial charge is 0.457 e. The molecule has 1 atom stereocenters. The lowest BCUT2D eigenvalue weighted by molar-refractivity contribution is 0.103. The van der Waals surface area contributed by atoms with E-state index in [2.05, 4.69) is 6.92 Å². The molecule has 5 heteroatoms. The van der Waals surface area contributed by atoms with Gasteiger partial charge in [-0.3, -0.25) is 4.79 Å². The summed E-state index contributed by atoms with van der Waals surface area (Å²) in [5, 5.41) is 12.0. The molecular formula is C44H37F2NO2. The molecule has 0 saturated heterocycles. The number of ether oxygens (including phenoxy) is 1. The van der Waals surface area contributed by atoms with Crippen LogP contribution in [-0.4, -0.2) is 5.78 Å². The van der Waals surface area contributed by atoms with Gasteiger partial charge in [-0.2, -0.15) is 5.26 Å². The molecule has 1 unspecified atom stereocenters. The van der Waals surface area contributed by atoms with Crippen LogP contribution in [0.5, 0.6) is 11.5 Å². The van der Waals surface area contributed by atoms with Crippen LogP contribution in [0.1, 0.15) is 83.4 Å². The molecule has 0 aliphatic rings. The van der Waals surface area contributed by atoms with Gasteiger partial charge in [-0.1, -0.05) is 100 Å². The van der Waals surface area contributed by atoms with Crippen LogP contribution >= 0.6 is 0 Å². The monoisotopic (exact) mass is 649 g/mol. The SMILES string of the molecule is CCC(C)(c1ccc(C(C)(C)c2cccc(F)c2C#N)c(C(=O)c2ccc(Oc3cccc4ccccc34)cc2)c1)c1cccc(F)c1C. The molecule has 0 aromatic heterocycles. The second-order valence-electron chi connectivity index (χ2n) is 13.2. The zero-order chi connectivity index (χ0) is 34.9. The molecule has 0 fully saturated rings. The van der Waals surface area contributed by atoms with Gasteiger partial charge in [-0.25, -0.2) is 8.78 Å². The van der Waals surface area contributed by atoms with Crippen molar-refractivity contribution in [1.29, 1.82) is 5.26 Å². The summed E-state index contributed by atoms with van der Waals surface area (Å²) in [6.07, 6.45) is 0.649. The van der Waals surface area contributed by atoms with Gasteiger partial charge < -0.3 is 4.74 Å². The Balaban J connectivity index is 1.47. The molecule has 49 heavy (non-hydrogen) atoms. The Morgan fingerprint density at radius 3 is 2.12 bits per heavy atom. The van der Waals surface area contributed by atoms with Crippen LogP contribution in [0, 0.1) is 29.9 Å². The van der Waals surface area contributed by atoms with E-state index in [9.17, 15) is 18.8 Å². The molecule has 0 radical (unpaired) electrons. The van der Waals surface area contributed by atoms with Crippen molar-refractivity contribution in [2.24, 2.45) is 0 Å². The third-order valence-corrected chi connectivity index (χ3v) is 10.0. The van der Waals surface area contributed by atoms with E-state index in [1.54, 1.807) is 49.4 Å². The predicted octanol–water partition coefficient (Wildman–Crippen LogP) is 11.4. The van der Waals surface area contributed by atoms with Crippen molar-refractivity contribution >= 4 is 16.6 Å². The maximum atomic E-state index is 14.9. The average molecular weight is 650 g/mol. The van der Waals surface area contributed by atoms with E-state index in [1.165, 1.54) is 12.1 Å². The standard InChI is InChI=1S/C44H37F2NO2/c1-6-44(5,36-15-10-17-39(45)28(36)2)31-22-25-38(43(3,4)37-16-11-18-40(46)35(37)27-47)34(26-31)42(48)30-20-23-32(24-21-30)49-41-19-9-13-29-12-7-8-14-33(29)41/h7-26H,6H2,1-5H3. The van der Waals surface area contributed by atoms with Crippen molar-refractivity contribution in [3.63, 3.8) is 0 Å².